The molecule has 0 fully saturated rings. The van der Waals surface area contributed by atoms with Crippen LogP contribution in [0.25, 0.3) is 11.0 Å². The molecule has 31 heavy (non-hydrogen) atoms. The molecule has 1 amide bonds. The zero-order valence-corrected chi connectivity index (χ0v) is 17.5. The maximum Gasteiger partial charge on any atom is 0.254 e. The molecule has 0 saturated carbocycles. The summed E-state index contributed by atoms with van der Waals surface area (Å²) >= 11 is 0. The van der Waals surface area contributed by atoms with Crippen molar-refractivity contribution in [1.82, 2.24) is 4.90 Å². The minimum atomic E-state index is -0.171. The molecule has 0 aliphatic heterocycles. The van der Waals surface area contributed by atoms with Gasteiger partial charge in [0.05, 0.1) is 30.9 Å². The Hall–Kier alpha value is -3.86. The first-order valence-electron chi connectivity index (χ1n) is 10.0. The van der Waals surface area contributed by atoms with Gasteiger partial charge in [-0.3, -0.25) is 9.59 Å². The van der Waals surface area contributed by atoms with Gasteiger partial charge in [-0.2, -0.15) is 0 Å². The maximum absolute atomic E-state index is 13.3. The Morgan fingerprint density at radius 2 is 1.71 bits per heavy atom. The summed E-state index contributed by atoms with van der Waals surface area (Å²) in [5.41, 5.74) is 3.34. The number of rotatable bonds is 6. The predicted octanol–water partition coefficient (Wildman–Crippen LogP) is 4.95. The van der Waals surface area contributed by atoms with E-state index in [1.165, 1.54) is 6.26 Å². The standard InChI is InChI=1S/C26H23NO4/c1-18-8-13-24-23(14-18)25(28)21(17-31-24)16-27(15-19-6-4-3-5-7-19)26(29)20-9-11-22(30-2)12-10-20/h3-14,17H,15-16H2,1-2H3. The molecule has 0 N–H and O–H groups in total. The van der Waals surface area contributed by atoms with E-state index in [0.717, 1.165) is 11.1 Å². The van der Waals surface area contributed by atoms with Crippen LogP contribution >= 0.6 is 0 Å². The summed E-state index contributed by atoms with van der Waals surface area (Å²) in [4.78, 5) is 28.1. The van der Waals surface area contributed by atoms with Gasteiger partial charge < -0.3 is 14.1 Å². The lowest BCUT2D eigenvalue weighted by Crippen LogP contribution is -2.32. The summed E-state index contributed by atoms with van der Waals surface area (Å²) in [5.74, 6) is 0.506. The van der Waals surface area contributed by atoms with Crippen LogP contribution in [0.4, 0.5) is 0 Å². The van der Waals surface area contributed by atoms with Gasteiger partial charge in [0.15, 0.2) is 5.43 Å². The largest absolute Gasteiger partial charge is 0.497 e. The average molecular weight is 413 g/mol. The summed E-state index contributed by atoms with van der Waals surface area (Å²) in [7, 11) is 1.58. The van der Waals surface area contributed by atoms with Crippen molar-refractivity contribution in [2.45, 2.75) is 20.0 Å². The molecule has 0 aliphatic carbocycles. The fourth-order valence-electron chi connectivity index (χ4n) is 3.52. The number of aryl methyl sites for hydroxylation is 1. The van der Waals surface area contributed by atoms with E-state index in [1.54, 1.807) is 42.3 Å². The van der Waals surface area contributed by atoms with Gasteiger partial charge in [0, 0.05) is 12.1 Å². The Morgan fingerprint density at radius 3 is 2.42 bits per heavy atom. The van der Waals surface area contributed by atoms with Crippen LogP contribution in [0, 0.1) is 6.92 Å². The van der Waals surface area contributed by atoms with Gasteiger partial charge in [-0.1, -0.05) is 42.0 Å². The first-order valence-corrected chi connectivity index (χ1v) is 10.0. The molecule has 4 aromatic rings. The van der Waals surface area contributed by atoms with Crippen LogP contribution in [0.3, 0.4) is 0 Å². The van der Waals surface area contributed by atoms with Gasteiger partial charge in [-0.05, 0) is 48.9 Å². The number of ether oxygens (including phenoxy) is 1. The van der Waals surface area contributed by atoms with E-state index in [1.807, 2.05) is 49.4 Å². The second kappa shape index (κ2) is 8.88. The molecule has 0 radical (unpaired) electrons. The van der Waals surface area contributed by atoms with Gasteiger partial charge in [0.25, 0.3) is 5.91 Å². The number of hydrogen-bond donors (Lipinski definition) is 0. The number of methoxy groups -OCH3 is 1. The Balaban J connectivity index is 1.70. The van der Waals surface area contributed by atoms with E-state index in [4.69, 9.17) is 9.15 Å². The number of nitrogens with zero attached hydrogens (tertiary/aromatic N) is 1. The maximum atomic E-state index is 13.3. The quantitative estimate of drug-likeness (QED) is 0.449. The fraction of sp³-hybridized carbons (Fsp3) is 0.154. The highest BCUT2D eigenvalue weighted by Gasteiger charge is 2.19. The predicted molar refractivity (Wildman–Crippen MR) is 120 cm³/mol. The Kier molecular flexibility index (Phi) is 5.85. The van der Waals surface area contributed by atoms with Gasteiger partial charge >= 0.3 is 0 Å². The topological polar surface area (TPSA) is 59.8 Å². The van der Waals surface area contributed by atoms with Crippen molar-refractivity contribution in [2.24, 2.45) is 0 Å². The number of fused-ring (bicyclic) bond motifs is 1. The van der Waals surface area contributed by atoms with Crippen LogP contribution < -0.4 is 10.2 Å². The molecule has 0 bridgehead atoms. The van der Waals surface area contributed by atoms with E-state index in [2.05, 4.69) is 0 Å². The van der Waals surface area contributed by atoms with Crippen molar-refractivity contribution in [3.05, 3.63) is 112 Å². The summed E-state index contributed by atoms with van der Waals surface area (Å²) in [6, 6.07) is 22.2. The van der Waals surface area contributed by atoms with Crippen LogP contribution in [0.5, 0.6) is 5.75 Å². The zero-order chi connectivity index (χ0) is 21.8. The normalized spacial score (nSPS) is 10.8. The van der Waals surface area contributed by atoms with Crippen molar-refractivity contribution in [3.8, 4) is 5.75 Å². The van der Waals surface area contributed by atoms with E-state index >= 15 is 0 Å². The molecule has 5 nitrogen and oxygen atoms in total. The highest BCUT2D eigenvalue weighted by molar-refractivity contribution is 5.94. The highest BCUT2D eigenvalue weighted by atomic mass is 16.5. The smallest absolute Gasteiger partial charge is 0.254 e. The molecule has 0 spiro atoms. The fourth-order valence-corrected chi connectivity index (χ4v) is 3.52. The average Bonchev–Trinajstić information content (AvgIpc) is 2.81. The monoisotopic (exact) mass is 413 g/mol. The Bertz CT molecular complexity index is 1260. The molecule has 0 saturated heterocycles. The number of carbonyl (C=O) groups is 1. The van der Waals surface area contributed by atoms with E-state index < -0.39 is 0 Å². The third-order valence-corrected chi connectivity index (χ3v) is 5.20. The third-order valence-electron chi connectivity index (χ3n) is 5.20. The summed E-state index contributed by atoms with van der Waals surface area (Å²) in [6.45, 7) is 2.45. The molecular weight excluding hydrogens is 390 g/mol. The molecule has 0 atom stereocenters. The molecule has 0 aliphatic rings. The van der Waals surface area contributed by atoms with E-state index in [-0.39, 0.29) is 17.9 Å². The Morgan fingerprint density at radius 1 is 0.968 bits per heavy atom. The number of amides is 1. The van der Waals surface area contributed by atoms with Gasteiger partial charge in [0.1, 0.15) is 11.3 Å². The lowest BCUT2D eigenvalue weighted by molar-refractivity contribution is 0.0729. The zero-order valence-electron chi connectivity index (χ0n) is 17.5. The van der Waals surface area contributed by atoms with Crippen molar-refractivity contribution in [3.63, 3.8) is 0 Å². The highest BCUT2D eigenvalue weighted by Crippen LogP contribution is 2.18. The summed E-state index contributed by atoms with van der Waals surface area (Å²) in [5, 5.41) is 0.522. The number of hydrogen-bond acceptors (Lipinski definition) is 4. The van der Waals surface area contributed by atoms with Crippen molar-refractivity contribution >= 4 is 16.9 Å². The molecule has 1 heterocycles. The minimum absolute atomic E-state index is 0.120. The van der Waals surface area contributed by atoms with E-state index in [9.17, 15) is 9.59 Å². The second-order valence-corrected chi connectivity index (χ2v) is 7.46. The van der Waals surface area contributed by atoms with Crippen LogP contribution in [0.1, 0.15) is 27.0 Å². The van der Waals surface area contributed by atoms with Crippen LogP contribution in [0.15, 0.2) is 88.3 Å². The van der Waals surface area contributed by atoms with Gasteiger partial charge in [-0.15, -0.1) is 0 Å². The third kappa shape index (κ3) is 4.51. The second-order valence-electron chi connectivity index (χ2n) is 7.46. The van der Waals surface area contributed by atoms with E-state index in [0.29, 0.717) is 34.4 Å². The van der Waals surface area contributed by atoms with Gasteiger partial charge in [0.2, 0.25) is 0 Å². The SMILES string of the molecule is COc1ccc(C(=O)N(Cc2ccccc2)Cc2coc3ccc(C)cc3c2=O)cc1. The lowest BCUT2D eigenvalue weighted by Gasteiger charge is -2.23. The first-order chi connectivity index (χ1) is 15.0. The number of carbonyl (C=O) groups excluding carboxylic acids is 1. The molecule has 156 valence electrons. The van der Waals surface area contributed by atoms with Crippen LogP contribution in [-0.4, -0.2) is 17.9 Å². The minimum Gasteiger partial charge on any atom is -0.497 e. The van der Waals surface area contributed by atoms with Crippen LogP contribution in [-0.2, 0) is 13.1 Å². The molecule has 4 rings (SSSR count). The van der Waals surface area contributed by atoms with Crippen molar-refractivity contribution in [1.29, 1.82) is 0 Å². The van der Waals surface area contributed by atoms with Crippen molar-refractivity contribution < 1.29 is 13.9 Å². The molecule has 5 heteroatoms. The molecule has 3 aromatic carbocycles. The molecule has 1 aromatic heterocycles. The summed E-state index contributed by atoms with van der Waals surface area (Å²) < 4.78 is 10.9. The lowest BCUT2D eigenvalue weighted by atomic mass is 10.1. The van der Waals surface area contributed by atoms with Crippen LogP contribution in [0.2, 0.25) is 0 Å². The molecular formula is C26H23NO4. The first kappa shape index (κ1) is 20.4. The van der Waals surface area contributed by atoms with Gasteiger partial charge in [-0.25, -0.2) is 0 Å². The molecule has 0 unspecified atom stereocenters. The Labute approximate surface area is 180 Å². The van der Waals surface area contributed by atoms with Crippen molar-refractivity contribution in [2.75, 3.05) is 7.11 Å². The number of benzene rings is 3. The summed E-state index contributed by atoms with van der Waals surface area (Å²) in [6.07, 6.45) is 1.46.